The number of rotatable bonds is 10. The van der Waals surface area contributed by atoms with Crippen LogP contribution in [0.5, 0.6) is 11.5 Å². The monoisotopic (exact) mass is 295 g/mol. The van der Waals surface area contributed by atoms with Crippen molar-refractivity contribution in [2.45, 2.75) is 25.4 Å². The highest BCUT2D eigenvalue weighted by Crippen LogP contribution is 2.47. The van der Waals surface area contributed by atoms with Gasteiger partial charge in [0.15, 0.2) is 0 Å². The zero-order valence-corrected chi connectivity index (χ0v) is 12.5. The molecular weight excluding hydrogens is 270 g/mol. The maximum absolute atomic E-state index is 9.90. The summed E-state index contributed by atoms with van der Waals surface area (Å²) < 4.78 is 10.6. The van der Waals surface area contributed by atoms with Gasteiger partial charge in [0.05, 0.1) is 7.11 Å². The summed E-state index contributed by atoms with van der Waals surface area (Å²) in [5.74, 6) is 1.50. The van der Waals surface area contributed by atoms with Gasteiger partial charge in [0.25, 0.3) is 0 Å². The predicted octanol–water partition coefficient (Wildman–Crippen LogP) is 1.19. The van der Waals surface area contributed by atoms with E-state index in [9.17, 15) is 5.11 Å². The predicted molar refractivity (Wildman–Crippen MR) is 80.7 cm³/mol. The van der Waals surface area contributed by atoms with E-state index in [1.165, 1.54) is 12.8 Å². The minimum atomic E-state index is -0.544. The Morgan fingerprint density at radius 2 is 1.90 bits per heavy atom. The fraction of sp³-hybridized carbons (Fsp3) is 0.625. The topological polar surface area (TPSA) is 71.0 Å². The van der Waals surface area contributed by atoms with Gasteiger partial charge in [-0.15, -0.1) is 0 Å². The Bertz CT molecular complexity index is 417. The molecule has 0 amide bonds. The summed E-state index contributed by atoms with van der Waals surface area (Å²) in [6, 6.07) is 7.29. The molecular formula is C16H25NO4. The van der Waals surface area contributed by atoms with Crippen LogP contribution in [0.15, 0.2) is 24.3 Å². The van der Waals surface area contributed by atoms with Gasteiger partial charge in [-0.3, -0.25) is 0 Å². The van der Waals surface area contributed by atoms with Crippen LogP contribution in [0, 0.1) is 5.41 Å². The minimum Gasteiger partial charge on any atom is -0.497 e. The van der Waals surface area contributed by atoms with Crippen LogP contribution < -0.4 is 14.8 Å². The van der Waals surface area contributed by atoms with Gasteiger partial charge in [-0.05, 0) is 48.9 Å². The van der Waals surface area contributed by atoms with E-state index >= 15 is 0 Å². The Morgan fingerprint density at radius 3 is 2.48 bits per heavy atom. The lowest BCUT2D eigenvalue weighted by Gasteiger charge is -2.17. The number of hydrogen-bond donors (Lipinski definition) is 3. The second-order valence-electron chi connectivity index (χ2n) is 5.74. The minimum absolute atomic E-state index is 0.241. The van der Waals surface area contributed by atoms with E-state index in [0.29, 0.717) is 12.3 Å². The first-order chi connectivity index (χ1) is 10.2. The lowest BCUT2D eigenvalue weighted by atomic mass is 10.0. The third kappa shape index (κ3) is 5.19. The number of nitrogens with one attached hydrogen (secondary N) is 1. The molecule has 21 heavy (non-hydrogen) atoms. The summed E-state index contributed by atoms with van der Waals surface area (Å²) in [6.45, 7) is 1.85. The van der Waals surface area contributed by atoms with Crippen LogP contribution >= 0.6 is 0 Å². The number of hydrogen-bond acceptors (Lipinski definition) is 5. The number of aliphatic hydroxyl groups is 2. The first-order valence-corrected chi connectivity index (χ1v) is 7.44. The third-order valence-corrected chi connectivity index (χ3v) is 3.98. The molecule has 0 heterocycles. The lowest BCUT2D eigenvalue weighted by molar-refractivity contribution is 0.104. The first-order valence-electron chi connectivity index (χ1n) is 7.44. The molecule has 0 radical (unpaired) electrons. The van der Waals surface area contributed by atoms with Crippen molar-refractivity contribution in [1.29, 1.82) is 0 Å². The second-order valence-corrected chi connectivity index (χ2v) is 5.74. The second kappa shape index (κ2) is 7.64. The van der Waals surface area contributed by atoms with Gasteiger partial charge in [0.1, 0.15) is 24.2 Å². The lowest BCUT2D eigenvalue weighted by Crippen LogP contribution is -2.35. The Kier molecular flexibility index (Phi) is 5.85. The van der Waals surface area contributed by atoms with E-state index in [0.717, 1.165) is 18.7 Å². The summed E-state index contributed by atoms with van der Waals surface area (Å²) >= 11 is 0. The summed E-state index contributed by atoms with van der Waals surface area (Å²) in [6.07, 6.45) is 2.63. The van der Waals surface area contributed by atoms with Gasteiger partial charge in [-0.2, -0.15) is 0 Å². The van der Waals surface area contributed by atoms with E-state index < -0.39 is 6.10 Å². The number of methoxy groups -OCH3 is 1. The zero-order valence-electron chi connectivity index (χ0n) is 12.5. The van der Waals surface area contributed by atoms with Crippen molar-refractivity contribution in [1.82, 2.24) is 5.32 Å². The van der Waals surface area contributed by atoms with Gasteiger partial charge in [-0.25, -0.2) is 0 Å². The molecule has 0 saturated heterocycles. The Morgan fingerprint density at radius 1 is 1.24 bits per heavy atom. The molecule has 0 aliphatic heterocycles. The van der Waals surface area contributed by atoms with Gasteiger partial charge in [0, 0.05) is 19.7 Å². The molecule has 2 rings (SSSR count). The van der Waals surface area contributed by atoms with Gasteiger partial charge < -0.3 is 25.0 Å². The molecule has 5 nitrogen and oxygen atoms in total. The highest BCUT2D eigenvalue weighted by atomic mass is 16.5. The van der Waals surface area contributed by atoms with Crippen LogP contribution in [-0.2, 0) is 0 Å². The average Bonchev–Trinajstić information content (AvgIpc) is 3.26. The van der Waals surface area contributed by atoms with E-state index in [1.807, 2.05) is 24.3 Å². The summed E-state index contributed by atoms with van der Waals surface area (Å²) in [7, 11) is 1.62. The van der Waals surface area contributed by atoms with Crippen LogP contribution in [0.1, 0.15) is 19.3 Å². The van der Waals surface area contributed by atoms with Crippen LogP contribution in [0.4, 0.5) is 0 Å². The van der Waals surface area contributed by atoms with Crippen molar-refractivity contribution in [3.63, 3.8) is 0 Å². The van der Waals surface area contributed by atoms with Crippen molar-refractivity contribution < 1.29 is 19.7 Å². The third-order valence-electron chi connectivity index (χ3n) is 3.98. The van der Waals surface area contributed by atoms with Crippen molar-refractivity contribution in [2.24, 2.45) is 5.41 Å². The van der Waals surface area contributed by atoms with E-state index in [1.54, 1.807) is 7.11 Å². The van der Waals surface area contributed by atoms with E-state index in [-0.39, 0.29) is 18.6 Å². The first kappa shape index (κ1) is 16.1. The van der Waals surface area contributed by atoms with Gasteiger partial charge in [-0.1, -0.05) is 0 Å². The van der Waals surface area contributed by atoms with Gasteiger partial charge in [0.2, 0.25) is 0 Å². The molecule has 5 heteroatoms. The molecule has 118 valence electrons. The quantitative estimate of drug-likeness (QED) is 0.605. The summed E-state index contributed by atoms with van der Waals surface area (Å²) in [4.78, 5) is 0. The molecule has 1 aliphatic rings. The smallest absolute Gasteiger partial charge is 0.119 e. The molecule has 0 spiro atoms. The molecule has 1 atom stereocenters. The Labute approximate surface area is 125 Å². The molecule has 1 aliphatic carbocycles. The van der Waals surface area contributed by atoms with Crippen LogP contribution in [0.3, 0.4) is 0 Å². The van der Waals surface area contributed by atoms with Crippen molar-refractivity contribution >= 4 is 0 Å². The molecule has 1 aromatic carbocycles. The molecule has 0 aromatic heterocycles. The normalized spacial score (nSPS) is 17.3. The highest BCUT2D eigenvalue weighted by molar-refractivity contribution is 5.31. The number of benzene rings is 1. The van der Waals surface area contributed by atoms with Crippen LogP contribution in [0.2, 0.25) is 0 Å². The molecule has 3 N–H and O–H groups in total. The van der Waals surface area contributed by atoms with Crippen molar-refractivity contribution in [3.05, 3.63) is 24.3 Å². The maximum Gasteiger partial charge on any atom is 0.119 e. The van der Waals surface area contributed by atoms with Crippen molar-refractivity contribution in [2.75, 3.05) is 33.4 Å². The number of ether oxygens (including phenoxy) is 2. The Hall–Kier alpha value is -1.30. The largest absolute Gasteiger partial charge is 0.497 e. The van der Waals surface area contributed by atoms with E-state index in [2.05, 4.69) is 5.32 Å². The molecule has 0 bridgehead atoms. The van der Waals surface area contributed by atoms with Crippen molar-refractivity contribution in [3.8, 4) is 11.5 Å². The number of aliphatic hydroxyl groups excluding tert-OH is 2. The molecule has 1 unspecified atom stereocenters. The Balaban J connectivity index is 1.61. The summed E-state index contributed by atoms with van der Waals surface area (Å²) in [5.41, 5.74) is 0.269. The average molecular weight is 295 g/mol. The fourth-order valence-electron chi connectivity index (χ4n) is 2.36. The highest BCUT2D eigenvalue weighted by Gasteiger charge is 2.41. The van der Waals surface area contributed by atoms with Crippen LogP contribution in [0.25, 0.3) is 0 Å². The van der Waals surface area contributed by atoms with Gasteiger partial charge >= 0.3 is 0 Å². The molecule has 1 fully saturated rings. The molecule has 1 saturated carbocycles. The SMILES string of the molecule is COc1ccc(OCC(O)CNCC2(CCO)CC2)cc1. The fourth-order valence-corrected chi connectivity index (χ4v) is 2.36. The maximum atomic E-state index is 9.90. The van der Waals surface area contributed by atoms with Crippen LogP contribution in [-0.4, -0.2) is 49.7 Å². The standard InChI is InChI=1S/C16H25NO4/c1-20-14-2-4-15(5-3-14)21-11-13(19)10-17-12-16(6-7-16)8-9-18/h2-5,13,17-19H,6-12H2,1H3. The zero-order chi connectivity index (χ0) is 15.1. The summed E-state index contributed by atoms with van der Waals surface area (Å²) in [5, 5.41) is 22.2. The molecule has 1 aromatic rings. The van der Waals surface area contributed by atoms with E-state index in [4.69, 9.17) is 14.6 Å².